The van der Waals surface area contributed by atoms with E-state index < -0.39 is 0 Å². The number of ether oxygens (including phenoxy) is 2. The van der Waals surface area contributed by atoms with Crippen molar-refractivity contribution in [2.75, 3.05) is 26.4 Å². The van der Waals surface area contributed by atoms with Gasteiger partial charge in [0, 0.05) is 19.3 Å². The molecular formula is C22H34O5. The van der Waals surface area contributed by atoms with E-state index in [0.717, 1.165) is 69.1 Å². The van der Waals surface area contributed by atoms with Crippen LogP contribution >= 0.6 is 0 Å². The summed E-state index contributed by atoms with van der Waals surface area (Å²) in [4.78, 5) is 11.7. The maximum atomic E-state index is 11.7. The summed E-state index contributed by atoms with van der Waals surface area (Å²) in [7, 11) is 0. The average Bonchev–Trinajstić information content (AvgIpc) is 2.69. The zero-order valence-corrected chi connectivity index (χ0v) is 16.3. The number of benzene rings is 1. The summed E-state index contributed by atoms with van der Waals surface area (Å²) in [5.74, 6) is 0.484. The number of carbonyl (C=O) groups is 1. The van der Waals surface area contributed by atoms with Crippen LogP contribution in [0.5, 0.6) is 5.75 Å². The van der Waals surface area contributed by atoms with Crippen LogP contribution in [-0.4, -0.2) is 42.6 Å². The molecule has 0 spiro atoms. The van der Waals surface area contributed by atoms with Gasteiger partial charge in [0.15, 0.2) is 0 Å². The predicted octanol–water partition coefficient (Wildman–Crippen LogP) is 4.12. The molecule has 0 saturated heterocycles. The van der Waals surface area contributed by atoms with Gasteiger partial charge >= 0.3 is 5.97 Å². The maximum absolute atomic E-state index is 11.7. The van der Waals surface area contributed by atoms with Gasteiger partial charge in [0.25, 0.3) is 0 Å². The number of aliphatic hydroxyl groups is 2. The third kappa shape index (κ3) is 13.0. The summed E-state index contributed by atoms with van der Waals surface area (Å²) in [5.41, 5.74) is 0.920. The molecular weight excluding hydrogens is 344 g/mol. The average molecular weight is 379 g/mol. The Hall–Kier alpha value is -1.85. The Labute approximate surface area is 163 Å². The van der Waals surface area contributed by atoms with Crippen LogP contribution in [-0.2, 0) is 9.53 Å². The smallest absolute Gasteiger partial charge is 0.330 e. The van der Waals surface area contributed by atoms with Gasteiger partial charge in [0.1, 0.15) is 5.75 Å². The van der Waals surface area contributed by atoms with Crippen LogP contribution < -0.4 is 4.74 Å². The zero-order chi connectivity index (χ0) is 19.6. The molecule has 27 heavy (non-hydrogen) atoms. The quantitative estimate of drug-likeness (QED) is 0.257. The fourth-order valence-electron chi connectivity index (χ4n) is 2.56. The van der Waals surface area contributed by atoms with Gasteiger partial charge in [-0.05, 0) is 55.9 Å². The second kappa shape index (κ2) is 16.3. The Morgan fingerprint density at radius 3 is 2.00 bits per heavy atom. The normalized spacial score (nSPS) is 11.0. The second-order valence-corrected chi connectivity index (χ2v) is 6.55. The van der Waals surface area contributed by atoms with Crippen molar-refractivity contribution in [2.24, 2.45) is 0 Å². The van der Waals surface area contributed by atoms with Gasteiger partial charge in [0.05, 0.1) is 13.2 Å². The van der Waals surface area contributed by atoms with Crippen LogP contribution in [0.3, 0.4) is 0 Å². The van der Waals surface area contributed by atoms with Gasteiger partial charge in [-0.1, -0.05) is 37.8 Å². The standard InChI is InChI=1S/C22H34O5/c23-16-6-3-1-2-4-8-19-27-22(25)15-12-20-10-13-21(14-11-20)26-18-9-5-7-17-24/h10-15,23-24H,1-9,16-19H2/b15-12+. The van der Waals surface area contributed by atoms with E-state index in [2.05, 4.69) is 0 Å². The lowest BCUT2D eigenvalue weighted by Crippen LogP contribution is -2.02. The van der Waals surface area contributed by atoms with Crippen molar-refractivity contribution in [1.29, 1.82) is 0 Å². The molecule has 0 aromatic heterocycles. The molecule has 0 atom stereocenters. The Morgan fingerprint density at radius 2 is 1.33 bits per heavy atom. The van der Waals surface area contributed by atoms with Gasteiger partial charge in [-0.3, -0.25) is 0 Å². The van der Waals surface area contributed by atoms with E-state index in [1.165, 1.54) is 6.08 Å². The molecule has 5 nitrogen and oxygen atoms in total. The molecule has 0 aliphatic carbocycles. The molecule has 152 valence electrons. The van der Waals surface area contributed by atoms with Crippen molar-refractivity contribution in [3.63, 3.8) is 0 Å². The summed E-state index contributed by atoms with van der Waals surface area (Å²) in [6.07, 6.45) is 12.0. The van der Waals surface area contributed by atoms with Crippen molar-refractivity contribution in [3.05, 3.63) is 35.9 Å². The molecule has 1 rings (SSSR count). The first-order valence-corrected chi connectivity index (χ1v) is 10.1. The molecule has 0 aliphatic heterocycles. The summed E-state index contributed by atoms with van der Waals surface area (Å²) < 4.78 is 10.8. The Bertz CT molecular complexity index is 510. The number of esters is 1. The van der Waals surface area contributed by atoms with Crippen LogP contribution in [0.2, 0.25) is 0 Å². The number of hydrogen-bond acceptors (Lipinski definition) is 5. The molecule has 0 aliphatic rings. The monoisotopic (exact) mass is 378 g/mol. The van der Waals surface area contributed by atoms with Crippen LogP contribution in [0.25, 0.3) is 6.08 Å². The third-order valence-electron chi connectivity index (χ3n) is 4.16. The minimum Gasteiger partial charge on any atom is -0.494 e. The number of unbranched alkanes of at least 4 members (excludes halogenated alkanes) is 7. The van der Waals surface area contributed by atoms with Gasteiger partial charge in [-0.2, -0.15) is 0 Å². The van der Waals surface area contributed by atoms with Crippen LogP contribution in [0.4, 0.5) is 0 Å². The molecule has 2 N–H and O–H groups in total. The van der Waals surface area contributed by atoms with Crippen molar-refractivity contribution in [3.8, 4) is 5.75 Å². The maximum Gasteiger partial charge on any atom is 0.330 e. The van der Waals surface area contributed by atoms with Crippen molar-refractivity contribution < 1.29 is 24.5 Å². The largest absolute Gasteiger partial charge is 0.494 e. The van der Waals surface area contributed by atoms with E-state index in [9.17, 15) is 4.79 Å². The molecule has 0 unspecified atom stereocenters. The summed E-state index contributed by atoms with van der Waals surface area (Å²) in [6, 6.07) is 7.57. The predicted molar refractivity (Wildman–Crippen MR) is 108 cm³/mol. The lowest BCUT2D eigenvalue weighted by molar-refractivity contribution is -0.137. The summed E-state index contributed by atoms with van der Waals surface area (Å²) in [5, 5.41) is 17.4. The first-order chi connectivity index (χ1) is 13.3. The van der Waals surface area contributed by atoms with Gasteiger partial charge in [-0.25, -0.2) is 4.79 Å². The lowest BCUT2D eigenvalue weighted by Gasteiger charge is -2.06. The molecule has 0 saturated carbocycles. The molecule has 0 heterocycles. The van der Waals surface area contributed by atoms with E-state index in [0.29, 0.717) is 13.2 Å². The first kappa shape index (κ1) is 23.2. The van der Waals surface area contributed by atoms with E-state index in [1.54, 1.807) is 6.08 Å². The minimum atomic E-state index is -0.320. The van der Waals surface area contributed by atoms with Gasteiger partial charge < -0.3 is 19.7 Å². The molecule has 0 fully saturated rings. The van der Waals surface area contributed by atoms with Crippen molar-refractivity contribution in [2.45, 2.75) is 57.8 Å². The van der Waals surface area contributed by atoms with Crippen LogP contribution in [0.1, 0.15) is 63.4 Å². The summed E-state index contributed by atoms with van der Waals surface area (Å²) in [6.45, 7) is 1.59. The summed E-state index contributed by atoms with van der Waals surface area (Å²) >= 11 is 0. The van der Waals surface area contributed by atoms with E-state index in [1.807, 2.05) is 24.3 Å². The van der Waals surface area contributed by atoms with Crippen molar-refractivity contribution >= 4 is 12.0 Å². The highest BCUT2D eigenvalue weighted by molar-refractivity contribution is 5.87. The third-order valence-corrected chi connectivity index (χ3v) is 4.16. The number of carbonyl (C=O) groups excluding carboxylic acids is 1. The lowest BCUT2D eigenvalue weighted by atomic mass is 10.1. The SMILES string of the molecule is O=C(/C=C/c1ccc(OCCCCCO)cc1)OCCCCCCCCO. The number of rotatable bonds is 16. The minimum absolute atomic E-state index is 0.231. The van der Waals surface area contributed by atoms with E-state index >= 15 is 0 Å². The van der Waals surface area contributed by atoms with Crippen molar-refractivity contribution in [1.82, 2.24) is 0 Å². The first-order valence-electron chi connectivity index (χ1n) is 10.1. The highest BCUT2D eigenvalue weighted by Gasteiger charge is 1.99. The molecule has 0 amide bonds. The Morgan fingerprint density at radius 1 is 0.778 bits per heavy atom. The fraction of sp³-hybridized carbons (Fsp3) is 0.591. The highest BCUT2D eigenvalue weighted by Crippen LogP contribution is 2.14. The highest BCUT2D eigenvalue weighted by atomic mass is 16.5. The Balaban J connectivity index is 2.13. The molecule has 0 bridgehead atoms. The Kier molecular flexibility index (Phi) is 14.0. The molecule has 1 aromatic rings. The number of hydrogen-bond donors (Lipinski definition) is 2. The fourth-order valence-corrected chi connectivity index (χ4v) is 2.56. The topological polar surface area (TPSA) is 76.0 Å². The zero-order valence-electron chi connectivity index (χ0n) is 16.3. The molecule has 5 heteroatoms. The van der Waals surface area contributed by atoms with Gasteiger partial charge in [0.2, 0.25) is 0 Å². The van der Waals surface area contributed by atoms with Gasteiger partial charge in [-0.15, -0.1) is 0 Å². The second-order valence-electron chi connectivity index (χ2n) is 6.55. The van der Waals surface area contributed by atoms with E-state index in [4.69, 9.17) is 19.7 Å². The van der Waals surface area contributed by atoms with Crippen LogP contribution in [0, 0.1) is 0 Å². The van der Waals surface area contributed by atoms with E-state index in [-0.39, 0.29) is 19.2 Å². The molecule has 0 radical (unpaired) electrons. The van der Waals surface area contributed by atoms with Crippen LogP contribution in [0.15, 0.2) is 30.3 Å². The molecule has 1 aromatic carbocycles. The number of aliphatic hydroxyl groups excluding tert-OH is 2.